The van der Waals surface area contributed by atoms with Crippen molar-refractivity contribution >= 4 is 17.8 Å². The highest BCUT2D eigenvalue weighted by atomic mass is 16.7. The van der Waals surface area contributed by atoms with E-state index in [9.17, 15) is 14.4 Å². The molecule has 1 heterocycles. The fraction of sp³-hybridized carbons (Fsp3) is 0.750. The molecule has 1 saturated heterocycles. The van der Waals surface area contributed by atoms with E-state index in [0.29, 0.717) is 6.42 Å². The molecule has 28 heavy (non-hydrogen) atoms. The maximum absolute atomic E-state index is 12.0. The summed E-state index contributed by atoms with van der Waals surface area (Å²) in [5, 5.41) is 2.95. The highest BCUT2D eigenvalue weighted by molar-refractivity contribution is 5.76. The second kappa shape index (κ2) is 11.8. The first-order valence-corrected chi connectivity index (χ1v) is 9.68. The fourth-order valence-electron chi connectivity index (χ4n) is 2.91. The van der Waals surface area contributed by atoms with Gasteiger partial charge in [-0.2, -0.15) is 0 Å². The predicted octanol–water partition coefficient (Wildman–Crippen LogP) is 1.82. The van der Waals surface area contributed by atoms with Crippen LogP contribution in [0.1, 0.15) is 41.0 Å². The Hall–Kier alpha value is -1.93. The number of ether oxygens (including phenoxy) is 4. The number of carbonyl (C=O) groups is 3. The minimum atomic E-state index is -0.767. The van der Waals surface area contributed by atoms with Crippen LogP contribution in [-0.4, -0.2) is 56.1 Å². The summed E-state index contributed by atoms with van der Waals surface area (Å²) in [4.78, 5) is 35.0. The van der Waals surface area contributed by atoms with Crippen LogP contribution in [0.2, 0.25) is 0 Å². The lowest BCUT2D eigenvalue weighted by atomic mass is 9.82. The second-order valence-corrected chi connectivity index (χ2v) is 7.16. The van der Waals surface area contributed by atoms with Crippen molar-refractivity contribution in [2.24, 2.45) is 17.8 Å². The number of amides is 1. The lowest BCUT2D eigenvalue weighted by molar-refractivity contribution is -0.247. The van der Waals surface area contributed by atoms with E-state index in [1.165, 1.54) is 13.0 Å². The van der Waals surface area contributed by atoms with Gasteiger partial charge in [0, 0.05) is 13.3 Å². The van der Waals surface area contributed by atoms with Gasteiger partial charge in [-0.3, -0.25) is 14.4 Å². The van der Waals surface area contributed by atoms with Gasteiger partial charge in [0.05, 0.1) is 24.7 Å². The molecular formula is C20H33NO7. The summed E-state index contributed by atoms with van der Waals surface area (Å²) in [7, 11) is 0. The number of hydrogen-bond donors (Lipinski definition) is 1. The van der Waals surface area contributed by atoms with Crippen molar-refractivity contribution in [2.75, 3.05) is 19.8 Å². The lowest BCUT2D eigenvalue weighted by Gasteiger charge is -2.44. The van der Waals surface area contributed by atoms with E-state index in [4.69, 9.17) is 18.9 Å². The molecule has 8 heteroatoms. The summed E-state index contributed by atoms with van der Waals surface area (Å²) >= 11 is 0. The summed E-state index contributed by atoms with van der Waals surface area (Å²) in [6, 6.07) is -0.382. The van der Waals surface area contributed by atoms with E-state index in [2.05, 4.69) is 11.9 Å². The van der Waals surface area contributed by atoms with Crippen molar-refractivity contribution in [3.63, 3.8) is 0 Å². The maximum atomic E-state index is 12.0. The first-order valence-electron chi connectivity index (χ1n) is 9.68. The van der Waals surface area contributed by atoms with Crippen molar-refractivity contribution < 1.29 is 33.3 Å². The highest BCUT2D eigenvalue weighted by Crippen LogP contribution is 2.32. The number of nitrogens with one attached hydrogen (secondary N) is 1. The van der Waals surface area contributed by atoms with E-state index in [-0.39, 0.29) is 55.7 Å². The molecule has 1 rings (SSSR count). The summed E-state index contributed by atoms with van der Waals surface area (Å²) in [6.45, 7) is 12.6. The molecule has 0 radical (unpaired) electrons. The van der Waals surface area contributed by atoms with Crippen molar-refractivity contribution in [2.45, 2.75) is 59.5 Å². The molecular weight excluding hydrogens is 366 g/mol. The number of hydrogen-bond acceptors (Lipinski definition) is 7. The molecule has 0 aromatic rings. The zero-order valence-corrected chi connectivity index (χ0v) is 17.4. The summed E-state index contributed by atoms with van der Waals surface area (Å²) in [5.41, 5.74) is 0. The predicted molar refractivity (Wildman–Crippen MR) is 102 cm³/mol. The molecule has 160 valence electrons. The van der Waals surface area contributed by atoms with Gasteiger partial charge in [0.15, 0.2) is 6.29 Å². The Morgan fingerprint density at radius 1 is 1.21 bits per heavy atom. The molecule has 1 N–H and O–H groups in total. The second-order valence-electron chi connectivity index (χ2n) is 7.16. The largest absolute Gasteiger partial charge is 0.463 e. The Labute approximate surface area is 166 Å². The first kappa shape index (κ1) is 24.1. The third-order valence-electron chi connectivity index (χ3n) is 4.94. The third-order valence-corrected chi connectivity index (χ3v) is 4.94. The Morgan fingerprint density at radius 2 is 1.89 bits per heavy atom. The average Bonchev–Trinajstić information content (AvgIpc) is 2.67. The van der Waals surface area contributed by atoms with E-state index in [1.807, 2.05) is 13.8 Å². The Bertz CT molecular complexity index is 551. The van der Waals surface area contributed by atoms with Crippen LogP contribution in [0.5, 0.6) is 0 Å². The quantitative estimate of drug-likeness (QED) is 0.442. The smallest absolute Gasteiger partial charge is 0.311 e. The van der Waals surface area contributed by atoms with Crippen molar-refractivity contribution in [1.82, 2.24) is 5.32 Å². The van der Waals surface area contributed by atoms with Gasteiger partial charge in [-0.05, 0) is 18.8 Å². The van der Waals surface area contributed by atoms with Crippen LogP contribution in [-0.2, 0) is 33.3 Å². The van der Waals surface area contributed by atoms with Crippen LogP contribution in [0.4, 0.5) is 0 Å². The van der Waals surface area contributed by atoms with Crippen molar-refractivity contribution in [3.05, 3.63) is 12.7 Å². The SMILES string of the molecule is C=CCOC(=O)[C@@H](C)COC1OC(COC(C)=O)[C@@H](C)C(C)[C@@H]1NC(=O)CC. The average molecular weight is 399 g/mol. The summed E-state index contributed by atoms with van der Waals surface area (Å²) < 4.78 is 22.0. The zero-order chi connectivity index (χ0) is 21.3. The molecule has 0 spiro atoms. The number of rotatable bonds is 10. The summed E-state index contributed by atoms with van der Waals surface area (Å²) in [6.07, 6.45) is 0.693. The summed E-state index contributed by atoms with van der Waals surface area (Å²) in [5.74, 6) is -1.37. The van der Waals surface area contributed by atoms with Gasteiger partial charge in [0.1, 0.15) is 13.2 Å². The van der Waals surface area contributed by atoms with Gasteiger partial charge in [-0.25, -0.2) is 0 Å². The van der Waals surface area contributed by atoms with E-state index < -0.39 is 18.2 Å². The molecule has 0 aromatic heterocycles. The molecule has 0 aliphatic carbocycles. The van der Waals surface area contributed by atoms with Crippen LogP contribution in [0.3, 0.4) is 0 Å². The van der Waals surface area contributed by atoms with Crippen LogP contribution in [0.15, 0.2) is 12.7 Å². The van der Waals surface area contributed by atoms with Gasteiger partial charge in [0.2, 0.25) is 5.91 Å². The van der Waals surface area contributed by atoms with Gasteiger partial charge < -0.3 is 24.3 Å². The standard InChI is InChI=1S/C20H33NO7/c1-7-9-25-19(24)12(3)10-27-20-18(21-17(23)8-2)14(5)13(4)16(28-20)11-26-15(6)22/h7,12-14,16,18,20H,1,8-11H2,2-6H3,(H,21,23)/t12-,13-,14?,16?,18-,20?/m0/s1. The number of carbonyl (C=O) groups excluding carboxylic acids is 3. The molecule has 8 nitrogen and oxygen atoms in total. The molecule has 1 aliphatic heterocycles. The lowest BCUT2D eigenvalue weighted by Crippen LogP contribution is -2.58. The fourth-order valence-corrected chi connectivity index (χ4v) is 2.91. The van der Waals surface area contributed by atoms with Crippen LogP contribution < -0.4 is 5.32 Å². The van der Waals surface area contributed by atoms with Crippen LogP contribution in [0, 0.1) is 17.8 Å². The normalized spacial score (nSPS) is 28.1. The van der Waals surface area contributed by atoms with Gasteiger partial charge in [-0.1, -0.05) is 33.4 Å². The molecule has 0 bridgehead atoms. The van der Waals surface area contributed by atoms with Crippen molar-refractivity contribution in [3.8, 4) is 0 Å². The van der Waals surface area contributed by atoms with E-state index >= 15 is 0 Å². The molecule has 6 atom stereocenters. The van der Waals surface area contributed by atoms with Gasteiger partial charge in [-0.15, -0.1) is 0 Å². The van der Waals surface area contributed by atoms with Gasteiger partial charge >= 0.3 is 11.9 Å². The van der Waals surface area contributed by atoms with Crippen LogP contribution in [0.25, 0.3) is 0 Å². The molecule has 1 fully saturated rings. The van der Waals surface area contributed by atoms with Gasteiger partial charge in [0.25, 0.3) is 0 Å². The Morgan fingerprint density at radius 3 is 2.46 bits per heavy atom. The zero-order valence-electron chi connectivity index (χ0n) is 17.4. The minimum Gasteiger partial charge on any atom is -0.463 e. The maximum Gasteiger partial charge on any atom is 0.311 e. The van der Waals surface area contributed by atoms with E-state index in [1.54, 1.807) is 13.8 Å². The number of esters is 2. The molecule has 3 unspecified atom stereocenters. The van der Waals surface area contributed by atoms with Crippen LogP contribution >= 0.6 is 0 Å². The minimum absolute atomic E-state index is 0.0119. The monoisotopic (exact) mass is 399 g/mol. The Kier molecular flexibility index (Phi) is 10.2. The van der Waals surface area contributed by atoms with Crippen molar-refractivity contribution in [1.29, 1.82) is 0 Å². The highest BCUT2D eigenvalue weighted by Gasteiger charge is 2.43. The molecule has 0 aromatic carbocycles. The molecule has 1 aliphatic rings. The topological polar surface area (TPSA) is 100 Å². The third kappa shape index (κ3) is 7.24. The first-order chi connectivity index (χ1) is 13.2. The molecule has 0 saturated carbocycles. The Balaban J connectivity index is 2.82. The molecule has 1 amide bonds. The van der Waals surface area contributed by atoms with E-state index in [0.717, 1.165) is 0 Å².